The fourth-order valence-electron chi connectivity index (χ4n) is 3.58. The molecule has 2 atom stereocenters. The fraction of sp³-hybridized carbons (Fsp3) is 0.350. The zero-order chi connectivity index (χ0) is 19.5. The third kappa shape index (κ3) is 2.50. The molecule has 5 rings (SSSR count). The minimum Gasteiger partial charge on any atom is -0.488 e. The van der Waals surface area contributed by atoms with Crippen molar-refractivity contribution in [1.29, 1.82) is 5.26 Å². The molecule has 0 amide bonds. The van der Waals surface area contributed by atoms with E-state index in [1.165, 1.54) is 13.1 Å². The Morgan fingerprint density at radius 1 is 1.36 bits per heavy atom. The van der Waals surface area contributed by atoms with E-state index in [0.717, 1.165) is 11.0 Å². The van der Waals surface area contributed by atoms with Crippen molar-refractivity contribution in [2.24, 2.45) is 0 Å². The Bertz CT molecular complexity index is 1120. The Balaban J connectivity index is 1.24. The molecule has 3 aromatic rings. The molecule has 28 heavy (non-hydrogen) atoms. The highest BCUT2D eigenvalue weighted by atomic mass is 19.3. The molecule has 0 saturated heterocycles. The second kappa shape index (κ2) is 5.64. The van der Waals surface area contributed by atoms with Crippen molar-refractivity contribution in [2.45, 2.75) is 37.3 Å². The Morgan fingerprint density at radius 3 is 2.86 bits per heavy atom. The average molecular weight is 382 g/mol. The van der Waals surface area contributed by atoms with Gasteiger partial charge in [-0.15, -0.1) is 0 Å². The lowest BCUT2D eigenvalue weighted by Crippen LogP contribution is -2.23. The van der Waals surface area contributed by atoms with Crippen molar-refractivity contribution in [1.82, 2.24) is 14.5 Å². The lowest BCUT2D eigenvalue weighted by Gasteiger charge is -2.13. The maximum Gasteiger partial charge on any atom is 0.297 e. The fourth-order valence-corrected chi connectivity index (χ4v) is 3.58. The molecular weight excluding hydrogens is 366 g/mol. The van der Waals surface area contributed by atoms with E-state index < -0.39 is 11.3 Å². The number of hydrogen-bond acceptors (Lipinski definition) is 5. The maximum atomic E-state index is 13.5. The van der Waals surface area contributed by atoms with Crippen molar-refractivity contribution in [2.75, 3.05) is 6.61 Å². The second-order valence-electron chi connectivity index (χ2n) is 7.46. The van der Waals surface area contributed by atoms with E-state index in [2.05, 4.69) is 16.0 Å². The van der Waals surface area contributed by atoms with E-state index in [4.69, 9.17) is 14.7 Å². The van der Waals surface area contributed by atoms with Crippen LogP contribution in [0.5, 0.6) is 11.8 Å². The number of benzene rings is 1. The molecule has 1 saturated carbocycles. The summed E-state index contributed by atoms with van der Waals surface area (Å²) in [6.45, 7) is 2.39. The number of hydrogen-bond donors (Lipinski definition) is 0. The Kier molecular flexibility index (Phi) is 3.41. The molecule has 8 heteroatoms. The smallest absolute Gasteiger partial charge is 0.297 e. The molecule has 1 aliphatic heterocycles. The molecule has 2 aliphatic rings. The van der Waals surface area contributed by atoms with E-state index in [0.29, 0.717) is 29.6 Å². The van der Waals surface area contributed by atoms with Gasteiger partial charge in [0.15, 0.2) is 6.10 Å². The molecule has 142 valence electrons. The first-order valence-electron chi connectivity index (χ1n) is 8.94. The maximum absolute atomic E-state index is 13.5. The first-order valence-corrected chi connectivity index (χ1v) is 8.94. The van der Waals surface area contributed by atoms with Crippen LogP contribution in [0.15, 0.2) is 36.5 Å². The minimum atomic E-state index is -2.68. The van der Waals surface area contributed by atoms with Gasteiger partial charge < -0.3 is 9.47 Å². The molecule has 1 aliphatic carbocycles. The van der Waals surface area contributed by atoms with Gasteiger partial charge in [0.25, 0.3) is 11.9 Å². The van der Waals surface area contributed by atoms with Crippen LogP contribution in [0.25, 0.3) is 11.0 Å². The summed E-state index contributed by atoms with van der Waals surface area (Å²) >= 11 is 0. The number of aromatic nitrogens is 3. The van der Waals surface area contributed by atoms with Gasteiger partial charge in [0.1, 0.15) is 12.4 Å². The van der Waals surface area contributed by atoms with Crippen molar-refractivity contribution in [3.05, 3.63) is 47.8 Å². The number of nitrogens with zero attached hydrogens (tertiary/aromatic N) is 4. The summed E-state index contributed by atoms with van der Waals surface area (Å²) < 4.78 is 40.4. The van der Waals surface area contributed by atoms with Gasteiger partial charge in [-0.2, -0.15) is 10.2 Å². The molecule has 0 N–H and O–H groups in total. The number of fused-ring (bicyclic) bond motifs is 3. The van der Waals surface area contributed by atoms with Gasteiger partial charge in [0.2, 0.25) is 0 Å². The monoisotopic (exact) mass is 382 g/mol. The van der Waals surface area contributed by atoms with E-state index in [9.17, 15) is 8.78 Å². The molecule has 3 heterocycles. The number of pyridine rings is 1. The molecule has 1 unspecified atom stereocenters. The van der Waals surface area contributed by atoms with Crippen LogP contribution in [0.4, 0.5) is 8.78 Å². The quantitative estimate of drug-likeness (QED) is 0.691. The molecule has 1 fully saturated rings. The summed E-state index contributed by atoms with van der Waals surface area (Å²) in [5, 5.41) is 8.98. The summed E-state index contributed by atoms with van der Waals surface area (Å²) in [6, 6.07) is 11.2. The highest BCUT2D eigenvalue weighted by molar-refractivity contribution is 5.78. The zero-order valence-electron chi connectivity index (χ0n) is 15.0. The SMILES string of the molecule is CC1(c2ccc(OC[C@@H]3Cn4c(nc5cc(C#N)ccc54)O3)cn2)CC1(F)F. The van der Waals surface area contributed by atoms with Crippen molar-refractivity contribution < 1.29 is 18.3 Å². The third-order valence-electron chi connectivity index (χ3n) is 5.50. The van der Waals surface area contributed by atoms with E-state index >= 15 is 0 Å². The van der Waals surface area contributed by atoms with Crippen LogP contribution < -0.4 is 9.47 Å². The Morgan fingerprint density at radius 2 is 2.18 bits per heavy atom. The largest absolute Gasteiger partial charge is 0.488 e. The molecule has 0 bridgehead atoms. The predicted molar refractivity (Wildman–Crippen MR) is 95.5 cm³/mol. The van der Waals surface area contributed by atoms with Gasteiger partial charge in [-0.25, -0.2) is 8.78 Å². The third-order valence-corrected chi connectivity index (χ3v) is 5.50. The van der Waals surface area contributed by atoms with Crippen molar-refractivity contribution in [3.63, 3.8) is 0 Å². The van der Waals surface area contributed by atoms with E-state index in [-0.39, 0.29) is 19.1 Å². The normalized spacial score (nSPS) is 24.4. The summed E-state index contributed by atoms with van der Waals surface area (Å²) in [5.41, 5.74) is 1.39. The first kappa shape index (κ1) is 16.9. The number of alkyl halides is 2. The highest BCUT2D eigenvalue weighted by Gasteiger charge is 2.69. The molecule has 6 nitrogen and oxygen atoms in total. The number of ether oxygens (including phenoxy) is 2. The van der Waals surface area contributed by atoms with Crippen LogP contribution in [-0.4, -0.2) is 33.2 Å². The number of rotatable bonds is 4. The number of halogens is 2. The summed E-state index contributed by atoms with van der Waals surface area (Å²) in [5.74, 6) is -2.18. The van der Waals surface area contributed by atoms with Crippen LogP contribution in [0, 0.1) is 11.3 Å². The van der Waals surface area contributed by atoms with Crippen molar-refractivity contribution >= 4 is 11.0 Å². The number of imidazole rings is 1. The van der Waals surface area contributed by atoms with Gasteiger partial charge in [0, 0.05) is 6.42 Å². The Labute approximate surface area is 159 Å². The van der Waals surface area contributed by atoms with Gasteiger partial charge in [0.05, 0.1) is 46.5 Å². The lowest BCUT2D eigenvalue weighted by atomic mass is 10.0. The summed E-state index contributed by atoms with van der Waals surface area (Å²) in [7, 11) is 0. The molecule has 0 spiro atoms. The van der Waals surface area contributed by atoms with Gasteiger partial charge in [-0.1, -0.05) is 0 Å². The van der Waals surface area contributed by atoms with Crippen LogP contribution in [0.3, 0.4) is 0 Å². The van der Waals surface area contributed by atoms with Crippen LogP contribution >= 0.6 is 0 Å². The second-order valence-corrected chi connectivity index (χ2v) is 7.46. The number of nitriles is 1. The average Bonchev–Trinajstić information content (AvgIpc) is 2.99. The molecule has 1 aromatic carbocycles. The van der Waals surface area contributed by atoms with Crippen LogP contribution in [0.2, 0.25) is 0 Å². The zero-order valence-corrected chi connectivity index (χ0v) is 15.0. The first-order chi connectivity index (χ1) is 13.4. The van der Waals surface area contributed by atoms with Gasteiger partial charge >= 0.3 is 0 Å². The van der Waals surface area contributed by atoms with E-state index in [1.54, 1.807) is 24.3 Å². The van der Waals surface area contributed by atoms with Gasteiger partial charge in [-0.3, -0.25) is 9.55 Å². The summed E-state index contributed by atoms with van der Waals surface area (Å²) in [6.07, 6.45) is 1.09. The lowest BCUT2D eigenvalue weighted by molar-refractivity contribution is 0.0910. The topological polar surface area (TPSA) is 73.0 Å². The molecule has 2 aromatic heterocycles. The molecule has 0 radical (unpaired) electrons. The standard InChI is InChI=1S/C20H16F2N4O2/c1-19(11-20(19,21)22)17-5-3-13(8-24-17)27-10-14-9-26-16-4-2-12(7-23)6-15(16)25-18(26)28-14/h2-6,8,14H,9-11H2,1H3/t14-,19?/m0/s1. The van der Waals surface area contributed by atoms with Crippen LogP contribution in [-0.2, 0) is 12.0 Å². The van der Waals surface area contributed by atoms with Crippen LogP contribution in [0.1, 0.15) is 24.6 Å². The van der Waals surface area contributed by atoms with Gasteiger partial charge in [-0.05, 0) is 37.3 Å². The summed E-state index contributed by atoms with van der Waals surface area (Å²) in [4.78, 5) is 8.57. The molecular formula is C20H16F2N4O2. The Hall–Kier alpha value is -3.21. The van der Waals surface area contributed by atoms with Crippen molar-refractivity contribution in [3.8, 4) is 17.8 Å². The predicted octanol–water partition coefficient (Wildman–Crippen LogP) is 3.44. The minimum absolute atomic E-state index is 0.168. The van der Waals surface area contributed by atoms with E-state index in [1.807, 2.05) is 10.6 Å². The highest BCUT2D eigenvalue weighted by Crippen LogP contribution is 2.60.